The summed E-state index contributed by atoms with van der Waals surface area (Å²) in [6, 6.07) is 7.75. The lowest BCUT2D eigenvalue weighted by molar-refractivity contribution is -0.0200. The third-order valence-electron chi connectivity index (χ3n) is 3.52. The highest BCUT2D eigenvalue weighted by Gasteiger charge is 2.34. The molecule has 1 aliphatic rings. The van der Waals surface area contributed by atoms with Crippen LogP contribution in [0.2, 0.25) is 0 Å². The van der Waals surface area contributed by atoms with Crippen LogP contribution in [0.25, 0.3) is 0 Å². The third kappa shape index (κ3) is 5.61. The molecule has 1 aliphatic heterocycles. The molecule has 3 N–H and O–H groups in total. The first-order valence-corrected chi connectivity index (χ1v) is 10.3. The molecule has 1 saturated heterocycles. The first kappa shape index (κ1) is 19.5. The van der Waals surface area contributed by atoms with Gasteiger partial charge in [0, 0.05) is 13.1 Å². The van der Waals surface area contributed by atoms with Gasteiger partial charge in [-0.1, -0.05) is 18.2 Å². The van der Waals surface area contributed by atoms with Crippen LogP contribution in [0.1, 0.15) is 6.92 Å². The second kappa shape index (κ2) is 8.03. The second-order valence-corrected chi connectivity index (χ2v) is 8.23. The van der Waals surface area contributed by atoms with Crippen molar-refractivity contribution in [3.8, 4) is 0 Å². The summed E-state index contributed by atoms with van der Waals surface area (Å²) in [5.74, 6) is 0. The molecule has 0 amide bonds. The van der Waals surface area contributed by atoms with Crippen molar-refractivity contribution in [1.82, 2.24) is 9.62 Å². The fourth-order valence-corrected chi connectivity index (χ4v) is 4.28. The van der Waals surface area contributed by atoms with Crippen molar-refractivity contribution in [2.24, 2.45) is 0 Å². The van der Waals surface area contributed by atoms with Crippen LogP contribution in [0, 0.1) is 0 Å². The Kier molecular flexibility index (Phi) is 6.52. The van der Waals surface area contributed by atoms with E-state index in [2.05, 4.69) is 4.72 Å². The van der Waals surface area contributed by atoms with Gasteiger partial charge in [0.2, 0.25) is 10.0 Å². The van der Waals surface area contributed by atoms with E-state index < -0.39 is 30.1 Å². The average molecular weight is 380 g/mol. The van der Waals surface area contributed by atoms with E-state index in [1.807, 2.05) is 0 Å². The molecular formula is C13H21N2O7PS. The molecule has 11 heteroatoms. The SMILES string of the molecule is CC(OP(=O)(O)O)C(NS(=O)(=O)c1ccccc1)N1CCOCC1. The number of hydrogen-bond acceptors (Lipinski definition) is 6. The molecular weight excluding hydrogens is 359 g/mol. The molecule has 0 spiro atoms. The van der Waals surface area contributed by atoms with Crippen molar-refractivity contribution in [2.45, 2.75) is 24.1 Å². The quantitative estimate of drug-likeness (QED) is 0.570. The van der Waals surface area contributed by atoms with Crippen molar-refractivity contribution < 1.29 is 32.0 Å². The Balaban J connectivity index is 2.23. The van der Waals surface area contributed by atoms with Crippen LogP contribution in [0.3, 0.4) is 0 Å². The molecule has 0 radical (unpaired) electrons. The normalized spacial score (nSPS) is 19.8. The van der Waals surface area contributed by atoms with Crippen molar-refractivity contribution in [2.75, 3.05) is 26.3 Å². The zero-order chi connectivity index (χ0) is 17.8. The molecule has 2 rings (SSSR count). The molecule has 1 aromatic carbocycles. The highest BCUT2D eigenvalue weighted by molar-refractivity contribution is 7.89. The number of hydrogen-bond donors (Lipinski definition) is 3. The summed E-state index contributed by atoms with van der Waals surface area (Å²) in [4.78, 5) is 19.8. The summed E-state index contributed by atoms with van der Waals surface area (Å²) in [6.45, 7) is 3.03. The molecule has 136 valence electrons. The number of morpholine rings is 1. The smallest absolute Gasteiger partial charge is 0.379 e. The molecule has 1 aromatic rings. The van der Waals surface area contributed by atoms with E-state index in [1.165, 1.54) is 19.1 Å². The van der Waals surface area contributed by atoms with Crippen LogP contribution < -0.4 is 4.72 Å². The van der Waals surface area contributed by atoms with E-state index in [0.29, 0.717) is 26.3 Å². The van der Waals surface area contributed by atoms with Crippen molar-refractivity contribution >= 4 is 17.8 Å². The molecule has 1 fully saturated rings. The average Bonchev–Trinajstić information content (AvgIpc) is 2.53. The van der Waals surface area contributed by atoms with Crippen molar-refractivity contribution in [1.29, 1.82) is 0 Å². The van der Waals surface area contributed by atoms with E-state index in [1.54, 1.807) is 23.1 Å². The van der Waals surface area contributed by atoms with Gasteiger partial charge in [-0.3, -0.25) is 9.42 Å². The van der Waals surface area contributed by atoms with Gasteiger partial charge in [0.05, 0.1) is 24.2 Å². The predicted octanol–water partition coefficient (Wildman–Crippen LogP) is 0.121. The van der Waals surface area contributed by atoms with Gasteiger partial charge < -0.3 is 14.5 Å². The van der Waals surface area contributed by atoms with Crippen LogP contribution in [0.15, 0.2) is 35.2 Å². The van der Waals surface area contributed by atoms with Gasteiger partial charge in [-0.2, -0.15) is 4.72 Å². The van der Waals surface area contributed by atoms with Gasteiger partial charge >= 0.3 is 7.82 Å². The second-order valence-electron chi connectivity index (χ2n) is 5.33. The van der Waals surface area contributed by atoms with Crippen LogP contribution in [0.5, 0.6) is 0 Å². The van der Waals surface area contributed by atoms with Crippen LogP contribution in [-0.4, -0.2) is 61.7 Å². The Morgan fingerprint density at radius 3 is 2.38 bits per heavy atom. The molecule has 2 unspecified atom stereocenters. The summed E-state index contributed by atoms with van der Waals surface area (Å²) in [7, 11) is -8.63. The highest BCUT2D eigenvalue weighted by Crippen LogP contribution is 2.38. The van der Waals surface area contributed by atoms with Gasteiger partial charge in [0.25, 0.3) is 0 Å². The molecule has 1 heterocycles. The Morgan fingerprint density at radius 1 is 1.25 bits per heavy atom. The first-order chi connectivity index (χ1) is 11.2. The van der Waals surface area contributed by atoms with Gasteiger partial charge in [-0.15, -0.1) is 0 Å². The monoisotopic (exact) mass is 380 g/mol. The molecule has 2 atom stereocenters. The summed E-state index contributed by atoms with van der Waals surface area (Å²) in [5, 5.41) is 0. The number of phosphoric acid groups is 1. The van der Waals surface area contributed by atoms with Gasteiger partial charge in [0.15, 0.2) is 0 Å². The third-order valence-corrected chi connectivity index (χ3v) is 5.57. The summed E-state index contributed by atoms with van der Waals surface area (Å²) in [5.41, 5.74) is 0. The molecule has 0 saturated carbocycles. The van der Waals surface area contributed by atoms with Crippen molar-refractivity contribution in [3.63, 3.8) is 0 Å². The Labute approximate surface area is 140 Å². The number of rotatable bonds is 7. The van der Waals surface area contributed by atoms with Gasteiger partial charge in [-0.25, -0.2) is 13.0 Å². The largest absolute Gasteiger partial charge is 0.469 e. The fourth-order valence-electron chi connectivity index (χ4n) is 2.42. The lowest BCUT2D eigenvalue weighted by Crippen LogP contribution is -2.57. The van der Waals surface area contributed by atoms with Crippen LogP contribution in [-0.2, 0) is 23.8 Å². The maximum Gasteiger partial charge on any atom is 0.469 e. The van der Waals surface area contributed by atoms with E-state index in [-0.39, 0.29) is 4.90 Å². The van der Waals surface area contributed by atoms with Gasteiger partial charge in [-0.05, 0) is 19.1 Å². The highest BCUT2D eigenvalue weighted by atomic mass is 32.2. The Bertz CT molecular complexity index is 673. The molecule has 9 nitrogen and oxygen atoms in total. The number of benzene rings is 1. The molecule has 0 aromatic heterocycles. The number of nitrogens with one attached hydrogen (secondary N) is 1. The summed E-state index contributed by atoms with van der Waals surface area (Å²) in [6.07, 6.45) is -2.01. The number of ether oxygens (including phenoxy) is 1. The number of nitrogens with zero attached hydrogens (tertiary/aromatic N) is 1. The zero-order valence-electron chi connectivity index (χ0n) is 13.1. The summed E-state index contributed by atoms with van der Waals surface area (Å²) < 4.78 is 48.6. The first-order valence-electron chi connectivity index (χ1n) is 7.32. The topological polar surface area (TPSA) is 125 Å². The predicted molar refractivity (Wildman–Crippen MR) is 85.5 cm³/mol. The zero-order valence-corrected chi connectivity index (χ0v) is 14.8. The molecule has 24 heavy (non-hydrogen) atoms. The number of sulfonamides is 1. The lowest BCUT2D eigenvalue weighted by Gasteiger charge is -2.37. The van der Waals surface area contributed by atoms with E-state index in [4.69, 9.17) is 19.0 Å². The molecule has 0 aliphatic carbocycles. The lowest BCUT2D eigenvalue weighted by atomic mass is 10.2. The van der Waals surface area contributed by atoms with Crippen LogP contribution in [0.4, 0.5) is 0 Å². The standard InChI is InChI=1S/C13H21N2O7PS/c1-11(22-23(16,17)18)13(15-7-9-21-10-8-15)14-24(19,20)12-5-3-2-4-6-12/h2-6,11,13-14H,7-10H2,1H3,(H2,16,17,18). The van der Waals surface area contributed by atoms with E-state index >= 15 is 0 Å². The summed E-state index contributed by atoms with van der Waals surface area (Å²) >= 11 is 0. The minimum absolute atomic E-state index is 0.0617. The maximum absolute atomic E-state index is 12.5. The van der Waals surface area contributed by atoms with Crippen molar-refractivity contribution in [3.05, 3.63) is 30.3 Å². The number of phosphoric ester groups is 1. The Hall–Kier alpha value is -0.840. The van der Waals surface area contributed by atoms with E-state index in [0.717, 1.165) is 0 Å². The Morgan fingerprint density at radius 2 is 1.83 bits per heavy atom. The van der Waals surface area contributed by atoms with E-state index in [9.17, 15) is 13.0 Å². The molecule has 0 bridgehead atoms. The maximum atomic E-state index is 12.5. The minimum atomic E-state index is -4.76. The van der Waals surface area contributed by atoms with Crippen LogP contribution >= 0.6 is 7.82 Å². The van der Waals surface area contributed by atoms with Gasteiger partial charge in [0.1, 0.15) is 6.17 Å². The minimum Gasteiger partial charge on any atom is -0.379 e. The fraction of sp³-hybridized carbons (Fsp3) is 0.538.